The van der Waals surface area contributed by atoms with Crippen molar-refractivity contribution in [3.8, 4) is 0 Å². The van der Waals surface area contributed by atoms with Crippen molar-refractivity contribution in [2.24, 2.45) is 7.05 Å². The fraction of sp³-hybridized carbons (Fsp3) is 0.692. The van der Waals surface area contributed by atoms with Gasteiger partial charge in [-0.05, 0) is 31.3 Å². The highest BCUT2D eigenvalue weighted by molar-refractivity contribution is 7.98. The molecule has 0 fully saturated rings. The second-order valence-electron chi connectivity index (χ2n) is 4.77. The maximum atomic E-state index is 6.04. The van der Waals surface area contributed by atoms with Crippen molar-refractivity contribution in [3.63, 3.8) is 0 Å². The maximum absolute atomic E-state index is 6.04. The summed E-state index contributed by atoms with van der Waals surface area (Å²) in [7, 11) is 1.97. The highest BCUT2D eigenvalue weighted by atomic mass is 32.2. The Labute approximate surface area is 118 Å². The first-order valence-corrected chi connectivity index (χ1v) is 8.25. The number of unbranched alkanes of at least 4 members (excludes halogenated alkanes) is 2. The topological polar surface area (TPSA) is 61.7 Å². The van der Waals surface area contributed by atoms with Crippen LogP contribution in [0.15, 0.2) is 0 Å². The summed E-state index contributed by atoms with van der Waals surface area (Å²) in [4.78, 5) is 4.47. The number of thioether (sulfide) groups is 1. The van der Waals surface area contributed by atoms with Gasteiger partial charge in [0, 0.05) is 13.6 Å². The number of anilines is 1. The molecule has 5 nitrogen and oxygen atoms in total. The van der Waals surface area contributed by atoms with Crippen molar-refractivity contribution in [3.05, 3.63) is 5.69 Å². The van der Waals surface area contributed by atoms with E-state index in [1.807, 2.05) is 23.5 Å². The van der Waals surface area contributed by atoms with Crippen LogP contribution in [0.4, 0.5) is 5.95 Å². The fourth-order valence-corrected chi connectivity index (χ4v) is 2.90. The number of nitrogens with zero attached hydrogens (tertiary/aromatic N) is 4. The van der Waals surface area contributed by atoms with E-state index in [0.717, 1.165) is 36.2 Å². The molecule has 0 spiro atoms. The molecule has 0 aromatic carbocycles. The predicted octanol–water partition coefficient (Wildman–Crippen LogP) is 2.45. The third-order valence-corrected chi connectivity index (χ3v) is 4.08. The van der Waals surface area contributed by atoms with E-state index in [4.69, 9.17) is 5.73 Å². The molecule has 0 unspecified atom stereocenters. The summed E-state index contributed by atoms with van der Waals surface area (Å²) in [6.45, 7) is 3.03. The molecule has 2 N–H and O–H groups in total. The lowest BCUT2D eigenvalue weighted by Gasteiger charge is -2.06. The monoisotopic (exact) mass is 281 g/mol. The smallest absolute Gasteiger partial charge is 0.202 e. The Balaban J connectivity index is 2.13. The van der Waals surface area contributed by atoms with Gasteiger partial charge in [0.05, 0.1) is 5.69 Å². The standard InChI is InChI=1S/C13H23N5S/c1-4-10-11-12(17(2)16-10)18(13(14)15-11)8-6-5-7-9-19-3/h4-9H2,1-3H3,(H2,14,15). The van der Waals surface area contributed by atoms with E-state index in [1.165, 1.54) is 18.6 Å². The Morgan fingerprint density at radius 1 is 1.26 bits per heavy atom. The quantitative estimate of drug-likeness (QED) is 0.792. The summed E-state index contributed by atoms with van der Waals surface area (Å²) in [6.07, 6.45) is 6.69. The van der Waals surface area contributed by atoms with Gasteiger partial charge in [0.15, 0.2) is 5.65 Å². The zero-order valence-electron chi connectivity index (χ0n) is 12.0. The number of aryl methyl sites for hydroxylation is 3. The van der Waals surface area contributed by atoms with Gasteiger partial charge in [-0.1, -0.05) is 13.3 Å². The number of nitrogens with two attached hydrogens (primary N) is 1. The van der Waals surface area contributed by atoms with Gasteiger partial charge in [-0.2, -0.15) is 16.9 Å². The van der Waals surface area contributed by atoms with Crippen LogP contribution in [0.5, 0.6) is 0 Å². The van der Waals surface area contributed by atoms with Gasteiger partial charge < -0.3 is 5.73 Å². The van der Waals surface area contributed by atoms with Crippen molar-refractivity contribution in [1.29, 1.82) is 0 Å². The molecule has 0 atom stereocenters. The number of imidazole rings is 1. The fourth-order valence-electron chi connectivity index (χ4n) is 2.41. The molecule has 0 aliphatic carbocycles. The van der Waals surface area contributed by atoms with E-state index >= 15 is 0 Å². The van der Waals surface area contributed by atoms with Gasteiger partial charge in [-0.25, -0.2) is 4.98 Å². The first-order chi connectivity index (χ1) is 9.19. The molecule has 0 saturated heterocycles. The number of nitrogen functional groups attached to an aromatic ring is 1. The van der Waals surface area contributed by atoms with E-state index in [1.54, 1.807) is 0 Å². The van der Waals surface area contributed by atoms with E-state index in [9.17, 15) is 0 Å². The second kappa shape index (κ2) is 6.32. The van der Waals surface area contributed by atoms with Crippen LogP contribution in [0.2, 0.25) is 0 Å². The summed E-state index contributed by atoms with van der Waals surface area (Å²) in [5.41, 5.74) is 9.09. The number of rotatable bonds is 7. The summed E-state index contributed by atoms with van der Waals surface area (Å²) >= 11 is 1.91. The molecule has 2 aromatic rings. The zero-order valence-corrected chi connectivity index (χ0v) is 12.8. The molecule has 0 saturated carbocycles. The molecule has 6 heteroatoms. The van der Waals surface area contributed by atoms with Crippen LogP contribution < -0.4 is 5.73 Å². The molecule has 0 bridgehead atoms. The summed E-state index contributed by atoms with van der Waals surface area (Å²) in [5.74, 6) is 1.85. The molecule has 106 valence electrons. The molecule has 0 amide bonds. The maximum Gasteiger partial charge on any atom is 0.202 e. The van der Waals surface area contributed by atoms with Crippen LogP contribution in [0.25, 0.3) is 11.2 Å². The van der Waals surface area contributed by atoms with Crippen LogP contribution in [-0.4, -0.2) is 31.3 Å². The van der Waals surface area contributed by atoms with E-state index in [2.05, 4.69) is 27.8 Å². The summed E-state index contributed by atoms with van der Waals surface area (Å²) < 4.78 is 4.00. The third kappa shape index (κ3) is 2.88. The van der Waals surface area contributed by atoms with Crippen molar-refractivity contribution >= 4 is 28.9 Å². The summed E-state index contributed by atoms with van der Waals surface area (Å²) in [5, 5.41) is 4.50. The minimum Gasteiger partial charge on any atom is -0.369 e. The average molecular weight is 281 g/mol. The molecule has 19 heavy (non-hydrogen) atoms. The van der Waals surface area contributed by atoms with E-state index in [-0.39, 0.29) is 0 Å². The molecule has 0 aliphatic heterocycles. The molecule has 0 aliphatic rings. The first kappa shape index (κ1) is 14.2. The Morgan fingerprint density at radius 2 is 2.05 bits per heavy atom. The summed E-state index contributed by atoms with van der Waals surface area (Å²) in [6, 6.07) is 0. The number of aromatic nitrogens is 4. The normalized spacial score (nSPS) is 11.5. The molecule has 2 aromatic heterocycles. The average Bonchev–Trinajstić information content (AvgIpc) is 2.87. The largest absolute Gasteiger partial charge is 0.369 e. The van der Waals surface area contributed by atoms with Gasteiger partial charge in [-0.3, -0.25) is 9.25 Å². The Kier molecular flexibility index (Phi) is 4.74. The first-order valence-electron chi connectivity index (χ1n) is 6.85. The second-order valence-corrected chi connectivity index (χ2v) is 5.76. The van der Waals surface area contributed by atoms with Crippen LogP contribution in [-0.2, 0) is 20.0 Å². The minimum atomic E-state index is 0.613. The van der Waals surface area contributed by atoms with E-state index in [0.29, 0.717) is 5.95 Å². The van der Waals surface area contributed by atoms with Gasteiger partial charge >= 0.3 is 0 Å². The Bertz CT molecular complexity index is 543. The van der Waals surface area contributed by atoms with Crippen molar-refractivity contribution in [2.75, 3.05) is 17.7 Å². The highest BCUT2D eigenvalue weighted by Crippen LogP contribution is 2.22. The van der Waals surface area contributed by atoms with E-state index < -0.39 is 0 Å². The lowest BCUT2D eigenvalue weighted by atomic mass is 10.2. The lowest BCUT2D eigenvalue weighted by molar-refractivity contribution is 0.606. The number of hydrogen-bond acceptors (Lipinski definition) is 4. The lowest BCUT2D eigenvalue weighted by Crippen LogP contribution is -2.07. The number of hydrogen-bond donors (Lipinski definition) is 1. The Hall–Kier alpha value is -1.17. The number of fused-ring (bicyclic) bond motifs is 1. The SMILES string of the molecule is CCc1nn(C)c2c1nc(N)n2CCCCCSC. The third-order valence-electron chi connectivity index (χ3n) is 3.39. The van der Waals surface area contributed by atoms with Crippen LogP contribution in [0.1, 0.15) is 31.9 Å². The molecule has 0 radical (unpaired) electrons. The molecule has 2 heterocycles. The van der Waals surface area contributed by atoms with Crippen LogP contribution in [0, 0.1) is 0 Å². The minimum absolute atomic E-state index is 0.613. The van der Waals surface area contributed by atoms with Gasteiger partial charge in [0.25, 0.3) is 0 Å². The molecular formula is C13H23N5S. The Morgan fingerprint density at radius 3 is 2.74 bits per heavy atom. The van der Waals surface area contributed by atoms with Crippen molar-refractivity contribution in [2.45, 2.75) is 39.2 Å². The molecule has 2 rings (SSSR count). The zero-order chi connectivity index (χ0) is 13.8. The van der Waals surface area contributed by atoms with Crippen LogP contribution >= 0.6 is 11.8 Å². The van der Waals surface area contributed by atoms with Crippen LogP contribution in [0.3, 0.4) is 0 Å². The van der Waals surface area contributed by atoms with Crippen molar-refractivity contribution in [1.82, 2.24) is 19.3 Å². The molecular weight excluding hydrogens is 258 g/mol. The van der Waals surface area contributed by atoms with Gasteiger partial charge in [0.1, 0.15) is 5.52 Å². The van der Waals surface area contributed by atoms with Gasteiger partial charge in [-0.15, -0.1) is 0 Å². The predicted molar refractivity (Wildman–Crippen MR) is 82.5 cm³/mol. The highest BCUT2D eigenvalue weighted by Gasteiger charge is 2.16. The van der Waals surface area contributed by atoms with Gasteiger partial charge in [0.2, 0.25) is 5.95 Å². The van der Waals surface area contributed by atoms with Crippen molar-refractivity contribution < 1.29 is 0 Å².